The Hall–Kier alpha value is -1.44. The number of ether oxygens (including phenoxy) is 1. The number of hydrogen-bond acceptors (Lipinski definition) is 4. The lowest BCUT2D eigenvalue weighted by Gasteiger charge is -2.11. The maximum atomic E-state index is 10.8. The summed E-state index contributed by atoms with van der Waals surface area (Å²) in [5.41, 5.74) is 6.44. The zero-order valence-electron chi connectivity index (χ0n) is 10.2. The lowest BCUT2D eigenvalue weighted by molar-refractivity contribution is -0.384. The van der Waals surface area contributed by atoms with Crippen LogP contribution in [0.5, 0.6) is 11.5 Å². The van der Waals surface area contributed by atoms with E-state index in [2.05, 4.69) is 31.9 Å². The van der Waals surface area contributed by atoms with Crippen LogP contribution in [-0.2, 0) is 6.54 Å². The standard InChI is InChI=1S/C13H10Br2N2O3/c14-9-1-4-12(8(5-9)7-16)20-13-6-10(17(18)19)2-3-11(13)15/h1-6H,7,16H2. The number of halogens is 2. The molecule has 2 aromatic carbocycles. The van der Waals surface area contributed by atoms with E-state index in [9.17, 15) is 10.1 Å². The molecule has 5 nitrogen and oxygen atoms in total. The summed E-state index contributed by atoms with van der Waals surface area (Å²) >= 11 is 6.67. The van der Waals surface area contributed by atoms with E-state index in [0.717, 1.165) is 10.0 Å². The second kappa shape index (κ2) is 6.34. The van der Waals surface area contributed by atoms with Gasteiger partial charge in [-0.05, 0) is 40.2 Å². The van der Waals surface area contributed by atoms with Crippen molar-refractivity contribution in [3.05, 3.63) is 61.0 Å². The Bertz CT molecular complexity index is 662. The topological polar surface area (TPSA) is 78.4 Å². The van der Waals surface area contributed by atoms with Crippen LogP contribution in [0.2, 0.25) is 0 Å². The van der Waals surface area contributed by atoms with E-state index in [1.165, 1.54) is 12.1 Å². The van der Waals surface area contributed by atoms with E-state index in [1.54, 1.807) is 12.1 Å². The third-order valence-electron chi connectivity index (χ3n) is 2.59. The van der Waals surface area contributed by atoms with E-state index in [0.29, 0.717) is 22.5 Å². The number of nitrogens with two attached hydrogens (primary N) is 1. The molecule has 0 heterocycles. The Balaban J connectivity index is 2.39. The number of rotatable bonds is 4. The summed E-state index contributed by atoms with van der Waals surface area (Å²) in [6.45, 7) is 0.307. The normalized spacial score (nSPS) is 10.3. The molecule has 0 unspecified atom stereocenters. The predicted molar refractivity (Wildman–Crippen MR) is 82.9 cm³/mol. The number of non-ortho nitro benzene ring substituents is 1. The molecule has 7 heteroatoms. The summed E-state index contributed by atoms with van der Waals surface area (Å²) in [5, 5.41) is 10.8. The van der Waals surface area contributed by atoms with Crippen molar-refractivity contribution in [2.45, 2.75) is 6.54 Å². The van der Waals surface area contributed by atoms with Gasteiger partial charge < -0.3 is 10.5 Å². The molecule has 2 N–H and O–H groups in total. The first-order chi connectivity index (χ1) is 9.51. The van der Waals surface area contributed by atoms with Crippen molar-refractivity contribution in [1.29, 1.82) is 0 Å². The minimum Gasteiger partial charge on any atom is -0.456 e. The van der Waals surface area contributed by atoms with Crippen LogP contribution >= 0.6 is 31.9 Å². The largest absolute Gasteiger partial charge is 0.456 e. The molecule has 0 atom stereocenters. The molecule has 0 aliphatic rings. The summed E-state index contributed by atoms with van der Waals surface area (Å²) in [6, 6.07) is 9.78. The molecule has 104 valence electrons. The van der Waals surface area contributed by atoms with Crippen molar-refractivity contribution >= 4 is 37.5 Å². The van der Waals surface area contributed by atoms with E-state index in [4.69, 9.17) is 10.5 Å². The van der Waals surface area contributed by atoms with Gasteiger partial charge >= 0.3 is 0 Å². The molecule has 0 spiro atoms. The van der Waals surface area contributed by atoms with Gasteiger partial charge in [0.15, 0.2) is 0 Å². The average molecular weight is 402 g/mol. The second-order valence-electron chi connectivity index (χ2n) is 3.93. The summed E-state index contributed by atoms with van der Waals surface area (Å²) < 4.78 is 7.25. The highest BCUT2D eigenvalue weighted by Crippen LogP contribution is 2.35. The van der Waals surface area contributed by atoms with Crippen LogP contribution in [-0.4, -0.2) is 4.92 Å². The average Bonchev–Trinajstić information content (AvgIpc) is 2.42. The van der Waals surface area contributed by atoms with Gasteiger partial charge in [0, 0.05) is 22.6 Å². The van der Waals surface area contributed by atoms with Crippen LogP contribution in [0.4, 0.5) is 5.69 Å². The Morgan fingerprint density at radius 2 is 1.90 bits per heavy atom. The molecular formula is C13H10Br2N2O3. The van der Waals surface area contributed by atoms with Crippen molar-refractivity contribution in [3.8, 4) is 11.5 Å². The fraction of sp³-hybridized carbons (Fsp3) is 0.0769. The summed E-state index contributed by atoms with van der Waals surface area (Å²) in [7, 11) is 0. The lowest BCUT2D eigenvalue weighted by atomic mass is 10.2. The number of nitrogens with zero attached hydrogens (tertiary/aromatic N) is 1. The van der Waals surface area contributed by atoms with Gasteiger partial charge in [-0.1, -0.05) is 15.9 Å². The summed E-state index contributed by atoms with van der Waals surface area (Å²) in [5.74, 6) is 0.938. The van der Waals surface area contributed by atoms with Gasteiger partial charge in [0.05, 0.1) is 15.5 Å². The summed E-state index contributed by atoms with van der Waals surface area (Å²) in [6.07, 6.45) is 0. The first-order valence-electron chi connectivity index (χ1n) is 5.61. The van der Waals surface area contributed by atoms with Crippen molar-refractivity contribution in [2.75, 3.05) is 0 Å². The molecule has 20 heavy (non-hydrogen) atoms. The minimum absolute atomic E-state index is 0.0328. The SMILES string of the molecule is NCc1cc(Br)ccc1Oc1cc([N+](=O)[O-])ccc1Br. The highest BCUT2D eigenvalue weighted by Gasteiger charge is 2.12. The smallest absolute Gasteiger partial charge is 0.273 e. The highest BCUT2D eigenvalue weighted by atomic mass is 79.9. The zero-order valence-corrected chi connectivity index (χ0v) is 13.3. The van der Waals surface area contributed by atoms with Gasteiger partial charge in [0.2, 0.25) is 0 Å². The summed E-state index contributed by atoms with van der Waals surface area (Å²) in [4.78, 5) is 10.3. The monoisotopic (exact) mass is 400 g/mol. The molecule has 0 amide bonds. The third kappa shape index (κ3) is 3.36. The first-order valence-corrected chi connectivity index (χ1v) is 7.20. The number of hydrogen-bond donors (Lipinski definition) is 1. The van der Waals surface area contributed by atoms with Crippen LogP contribution in [0, 0.1) is 10.1 Å². The molecule has 0 saturated heterocycles. The highest BCUT2D eigenvalue weighted by molar-refractivity contribution is 9.10. The molecule has 0 aliphatic carbocycles. The molecule has 0 aliphatic heterocycles. The van der Waals surface area contributed by atoms with Crippen LogP contribution in [0.25, 0.3) is 0 Å². The van der Waals surface area contributed by atoms with Crippen LogP contribution < -0.4 is 10.5 Å². The predicted octanol–water partition coefficient (Wildman–Crippen LogP) is 4.37. The van der Waals surface area contributed by atoms with E-state index < -0.39 is 4.92 Å². The molecule has 0 radical (unpaired) electrons. The van der Waals surface area contributed by atoms with Gasteiger partial charge in [0.25, 0.3) is 5.69 Å². The van der Waals surface area contributed by atoms with Crippen LogP contribution in [0.3, 0.4) is 0 Å². The molecule has 0 bridgehead atoms. The van der Waals surface area contributed by atoms with Crippen LogP contribution in [0.1, 0.15) is 5.56 Å². The van der Waals surface area contributed by atoms with Crippen molar-refractivity contribution in [1.82, 2.24) is 0 Å². The van der Waals surface area contributed by atoms with Gasteiger partial charge in [0.1, 0.15) is 11.5 Å². The number of nitro groups is 1. The number of benzene rings is 2. The first kappa shape index (κ1) is 15.0. The maximum Gasteiger partial charge on any atom is 0.273 e. The molecule has 0 aromatic heterocycles. The van der Waals surface area contributed by atoms with E-state index >= 15 is 0 Å². The second-order valence-corrected chi connectivity index (χ2v) is 5.70. The number of nitro benzene ring substituents is 1. The van der Waals surface area contributed by atoms with Gasteiger partial charge in [-0.2, -0.15) is 0 Å². The maximum absolute atomic E-state index is 10.8. The molecule has 0 fully saturated rings. The quantitative estimate of drug-likeness (QED) is 0.609. The van der Waals surface area contributed by atoms with Crippen LogP contribution in [0.15, 0.2) is 45.3 Å². The Labute approximate surface area is 132 Å². The Morgan fingerprint density at radius 3 is 2.55 bits per heavy atom. The lowest BCUT2D eigenvalue weighted by Crippen LogP contribution is -2.00. The fourth-order valence-corrected chi connectivity index (χ4v) is 2.35. The zero-order chi connectivity index (χ0) is 14.7. The Kier molecular flexibility index (Phi) is 4.74. The van der Waals surface area contributed by atoms with Gasteiger partial charge in [-0.25, -0.2) is 0 Å². The molecular weight excluding hydrogens is 392 g/mol. The Morgan fingerprint density at radius 1 is 1.15 bits per heavy atom. The van der Waals surface area contributed by atoms with Crippen molar-refractivity contribution < 1.29 is 9.66 Å². The molecule has 2 aromatic rings. The van der Waals surface area contributed by atoms with Crippen molar-refractivity contribution in [2.24, 2.45) is 5.73 Å². The third-order valence-corrected chi connectivity index (χ3v) is 3.74. The van der Waals surface area contributed by atoms with Gasteiger partial charge in [-0.15, -0.1) is 0 Å². The fourth-order valence-electron chi connectivity index (χ4n) is 1.61. The van der Waals surface area contributed by atoms with E-state index in [1.807, 2.05) is 12.1 Å². The molecule has 2 rings (SSSR count). The van der Waals surface area contributed by atoms with Crippen molar-refractivity contribution in [3.63, 3.8) is 0 Å². The van der Waals surface area contributed by atoms with E-state index in [-0.39, 0.29) is 5.69 Å². The van der Waals surface area contributed by atoms with Gasteiger partial charge in [-0.3, -0.25) is 10.1 Å². The molecule has 0 saturated carbocycles. The minimum atomic E-state index is -0.468.